The van der Waals surface area contributed by atoms with E-state index in [0.717, 1.165) is 45.1 Å². The molecule has 1 heterocycles. The van der Waals surface area contributed by atoms with Crippen LogP contribution in [0.5, 0.6) is 0 Å². The molecule has 108 valence electrons. The first-order valence-corrected chi connectivity index (χ1v) is 7.60. The summed E-state index contributed by atoms with van der Waals surface area (Å²) in [4.78, 5) is 2.60. The van der Waals surface area contributed by atoms with Gasteiger partial charge >= 0.3 is 0 Å². The van der Waals surface area contributed by atoms with Crippen LogP contribution in [0.15, 0.2) is 0 Å². The normalized spacial score (nSPS) is 25.3. The number of rotatable bonds is 7. The molecule has 0 bridgehead atoms. The van der Waals surface area contributed by atoms with Gasteiger partial charge in [-0.3, -0.25) is 4.90 Å². The monoisotopic (exact) mass is 256 g/mol. The van der Waals surface area contributed by atoms with Gasteiger partial charge < -0.3 is 10.1 Å². The predicted octanol–water partition coefficient (Wildman–Crippen LogP) is 2.37. The summed E-state index contributed by atoms with van der Waals surface area (Å²) in [5.41, 5.74) is 0. The molecule has 1 aliphatic heterocycles. The van der Waals surface area contributed by atoms with Crippen LogP contribution in [0.3, 0.4) is 0 Å². The molecule has 0 aromatic rings. The molecule has 1 saturated heterocycles. The molecule has 18 heavy (non-hydrogen) atoms. The van der Waals surface area contributed by atoms with Crippen molar-refractivity contribution in [3.05, 3.63) is 0 Å². The van der Waals surface area contributed by atoms with Gasteiger partial charge in [0, 0.05) is 19.1 Å². The fourth-order valence-electron chi connectivity index (χ4n) is 2.49. The predicted molar refractivity (Wildman–Crippen MR) is 77.9 cm³/mol. The second-order valence-corrected chi connectivity index (χ2v) is 6.17. The van der Waals surface area contributed by atoms with Gasteiger partial charge in [-0.15, -0.1) is 0 Å². The van der Waals surface area contributed by atoms with Crippen molar-refractivity contribution in [2.75, 3.05) is 32.8 Å². The lowest BCUT2D eigenvalue weighted by Gasteiger charge is -2.39. The first-order valence-electron chi connectivity index (χ1n) is 7.60. The van der Waals surface area contributed by atoms with Gasteiger partial charge in [0.2, 0.25) is 0 Å². The summed E-state index contributed by atoms with van der Waals surface area (Å²) in [5, 5.41) is 3.57. The maximum atomic E-state index is 5.74. The van der Waals surface area contributed by atoms with Crippen molar-refractivity contribution in [3.63, 3.8) is 0 Å². The quantitative estimate of drug-likeness (QED) is 0.757. The van der Waals surface area contributed by atoms with Crippen molar-refractivity contribution < 1.29 is 4.74 Å². The third-order valence-electron chi connectivity index (χ3n) is 4.04. The summed E-state index contributed by atoms with van der Waals surface area (Å²) in [6.07, 6.45) is 1.57. The Morgan fingerprint density at radius 2 is 1.94 bits per heavy atom. The summed E-state index contributed by atoms with van der Waals surface area (Å²) in [5.74, 6) is 1.43. The van der Waals surface area contributed by atoms with Gasteiger partial charge in [-0.25, -0.2) is 0 Å². The first-order chi connectivity index (χ1) is 8.54. The molecule has 1 N–H and O–H groups in total. The Hall–Kier alpha value is -0.120. The lowest BCUT2D eigenvalue weighted by atomic mass is 10.0. The molecule has 3 unspecified atom stereocenters. The number of ether oxygens (including phenoxy) is 1. The zero-order valence-electron chi connectivity index (χ0n) is 12.9. The Bertz CT molecular complexity index is 221. The van der Waals surface area contributed by atoms with Crippen LogP contribution >= 0.6 is 0 Å². The molecule has 1 aliphatic rings. The minimum absolute atomic E-state index is 0.442. The van der Waals surface area contributed by atoms with Crippen LogP contribution in [0, 0.1) is 11.8 Å². The topological polar surface area (TPSA) is 24.5 Å². The van der Waals surface area contributed by atoms with E-state index in [9.17, 15) is 0 Å². The summed E-state index contributed by atoms with van der Waals surface area (Å²) < 4.78 is 5.74. The summed E-state index contributed by atoms with van der Waals surface area (Å²) >= 11 is 0. The maximum Gasteiger partial charge on any atom is 0.0700 e. The molecule has 0 aromatic carbocycles. The van der Waals surface area contributed by atoms with E-state index in [4.69, 9.17) is 4.74 Å². The zero-order chi connectivity index (χ0) is 13.5. The highest BCUT2D eigenvalue weighted by Crippen LogP contribution is 2.16. The molecule has 0 aromatic heterocycles. The summed E-state index contributed by atoms with van der Waals surface area (Å²) in [6.45, 7) is 16.8. The minimum atomic E-state index is 0.442. The molecule has 0 spiro atoms. The van der Waals surface area contributed by atoms with Gasteiger partial charge in [-0.05, 0) is 38.3 Å². The number of nitrogens with zero attached hydrogens (tertiary/aromatic N) is 1. The second-order valence-electron chi connectivity index (χ2n) is 6.17. The molecule has 0 amide bonds. The Labute approximate surface area is 113 Å². The van der Waals surface area contributed by atoms with Crippen LogP contribution in [-0.4, -0.2) is 49.8 Å². The van der Waals surface area contributed by atoms with Gasteiger partial charge in [-0.2, -0.15) is 0 Å². The van der Waals surface area contributed by atoms with Crippen molar-refractivity contribution in [2.45, 2.75) is 53.2 Å². The van der Waals surface area contributed by atoms with E-state index in [-0.39, 0.29) is 0 Å². The van der Waals surface area contributed by atoms with Gasteiger partial charge in [0.25, 0.3) is 0 Å². The van der Waals surface area contributed by atoms with Gasteiger partial charge in [0.1, 0.15) is 0 Å². The van der Waals surface area contributed by atoms with Crippen molar-refractivity contribution in [3.8, 4) is 0 Å². The Morgan fingerprint density at radius 1 is 1.22 bits per heavy atom. The highest BCUT2D eigenvalue weighted by Gasteiger charge is 2.25. The van der Waals surface area contributed by atoms with Crippen LogP contribution < -0.4 is 5.32 Å². The van der Waals surface area contributed by atoms with Crippen LogP contribution in [0.1, 0.15) is 41.0 Å². The van der Waals surface area contributed by atoms with Crippen LogP contribution in [0.25, 0.3) is 0 Å². The second kappa shape index (κ2) is 8.13. The van der Waals surface area contributed by atoms with E-state index in [1.54, 1.807) is 0 Å². The van der Waals surface area contributed by atoms with E-state index in [2.05, 4.69) is 44.8 Å². The van der Waals surface area contributed by atoms with Crippen molar-refractivity contribution in [2.24, 2.45) is 11.8 Å². The molecular weight excluding hydrogens is 224 g/mol. The molecule has 1 fully saturated rings. The lowest BCUT2D eigenvalue weighted by molar-refractivity contribution is -0.0488. The van der Waals surface area contributed by atoms with E-state index in [1.165, 1.54) is 0 Å². The molecule has 0 radical (unpaired) electrons. The van der Waals surface area contributed by atoms with Crippen LogP contribution in [0.4, 0.5) is 0 Å². The SMILES string of the molecule is CCC1CN(C(C)C(C)CNCC(C)C)CCO1. The molecule has 3 heteroatoms. The van der Waals surface area contributed by atoms with E-state index >= 15 is 0 Å². The zero-order valence-corrected chi connectivity index (χ0v) is 12.9. The summed E-state index contributed by atoms with van der Waals surface area (Å²) in [6, 6.07) is 0.641. The fourth-order valence-corrected chi connectivity index (χ4v) is 2.49. The number of morpholine rings is 1. The van der Waals surface area contributed by atoms with Gasteiger partial charge in [-0.1, -0.05) is 27.7 Å². The molecule has 0 saturated carbocycles. The summed E-state index contributed by atoms with van der Waals surface area (Å²) in [7, 11) is 0. The molecule has 3 nitrogen and oxygen atoms in total. The Morgan fingerprint density at radius 3 is 2.56 bits per heavy atom. The van der Waals surface area contributed by atoms with Gasteiger partial charge in [0.05, 0.1) is 12.7 Å². The van der Waals surface area contributed by atoms with Crippen molar-refractivity contribution in [1.29, 1.82) is 0 Å². The van der Waals surface area contributed by atoms with Crippen molar-refractivity contribution >= 4 is 0 Å². The van der Waals surface area contributed by atoms with Crippen LogP contribution in [0.2, 0.25) is 0 Å². The minimum Gasteiger partial charge on any atom is -0.376 e. The van der Waals surface area contributed by atoms with E-state index in [1.807, 2.05) is 0 Å². The maximum absolute atomic E-state index is 5.74. The Kier molecular flexibility index (Phi) is 7.20. The fraction of sp³-hybridized carbons (Fsp3) is 1.00. The molecule has 3 atom stereocenters. The molecule has 0 aliphatic carbocycles. The molecular formula is C15H32N2O. The van der Waals surface area contributed by atoms with Crippen LogP contribution in [-0.2, 0) is 4.74 Å². The largest absolute Gasteiger partial charge is 0.376 e. The number of hydrogen-bond acceptors (Lipinski definition) is 3. The average Bonchev–Trinajstić information content (AvgIpc) is 2.37. The highest BCUT2D eigenvalue weighted by atomic mass is 16.5. The van der Waals surface area contributed by atoms with E-state index in [0.29, 0.717) is 18.1 Å². The molecule has 1 rings (SSSR count). The third-order valence-corrected chi connectivity index (χ3v) is 4.04. The lowest BCUT2D eigenvalue weighted by Crippen LogP contribution is -2.50. The highest BCUT2D eigenvalue weighted by molar-refractivity contribution is 4.79. The van der Waals surface area contributed by atoms with Gasteiger partial charge in [0.15, 0.2) is 0 Å². The smallest absolute Gasteiger partial charge is 0.0700 e. The van der Waals surface area contributed by atoms with E-state index < -0.39 is 0 Å². The first kappa shape index (κ1) is 15.9. The Balaban J connectivity index is 2.30. The van der Waals surface area contributed by atoms with Crippen molar-refractivity contribution in [1.82, 2.24) is 10.2 Å². The number of hydrogen-bond donors (Lipinski definition) is 1. The standard InChI is InChI=1S/C15H32N2O/c1-6-15-11-17(7-8-18-15)14(5)13(4)10-16-9-12(2)3/h12-16H,6-11H2,1-5H3. The average molecular weight is 256 g/mol. The number of nitrogens with one attached hydrogen (secondary N) is 1. The third kappa shape index (κ3) is 5.25.